The number of carbonyl (C=O) groups is 1. The van der Waals surface area contributed by atoms with Crippen molar-refractivity contribution in [3.8, 4) is 0 Å². The Hall–Kier alpha value is -2.33. The van der Waals surface area contributed by atoms with Crippen molar-refractivity contribution in [1.82, 2.24) is 5.16 Å². The van der Waals surface area contributed by atoms with E-state index in [0.717, 1.165) is 10.9 Å². The van der Waals surface area contributed by atoms with Crippen molar-refractivity contribution >= 4 is 28.5 Å². The number of ether oxygens (including phenoxy) is 1. The summed E-state index contributed by atoms with van der Waals surface area (Å²) in [6.45, 7) is 0.190. The number of carbonyl (C=O) groups excluding carboxylic acids is 1. The van der Waals surface area contributed by atoms with E-state index in [9.17, 15) is 4.79 Å². The van der Waals surface area contributed by atoms with E-state index in [-0.39, 0.29) is 19.0 Å². The molecule has 1 aromatic heterocycles. The van der Waals surface area contributed by atoms with E-state index >= 15 is 0 Å². The lowest BCUT2D eigenvalue weighted by Gasteiger charge is -2.04. The highest BCUT2D eigenvalue weighted by molar-refractivity contribution is 6.30. The Kier molecular flexibility index (Phi) is 3.88. The summed E-state index contributed by atoms with van der Waals surface area (Å²) in [4.78, 5) is 11.9. The molecule has 0 aliphatic heterocycles. The molecule has 0 amide bonds. The quantitative estimate of drug-likeness (QED) is 0.688. The van der Waals surface area contributed by atoms with Crippen LogP contribution < -0.4 is 0 Å². The number of fused-ring (bicyclic) bond motifs is 1. The maximum Gasteiger partial charge on any atom is 0.312 e. The van der Waals surface area contributed by atoms with Crippen molar-refractivity contribution in [1.29, 1.82) is 0 Å². The molecule has 4 nitrogen and oxygen atoms in total. The smallest absolute Gasteiger partial charge is 0.312 e. The molecule has 0 radical (unpaired) electrons. The zero-order valence-electron chi connectivity index (χ0n) is 11.1. The van der Waals surface area contributed by atoms with Gasteiger partial charge in [0.1, 0.15) is 12.3 Å². The molecule has 0 N–H and O–H groups in total. The Labute approximate surface area is 126 Å². The third-order valence-corrected chi connectivity index (χ3v) is 3.29. The van der Waals surface area contributed by atoms with Crippen LogP contribution in [-0.4, -0.2) is 11.1 Å². The first-order valence-corrected chi connectivity index (χ1v) is 6.83. The Morgan fingerprint density at radius 2 is 2.05 bits per heavy atom. The van der Waals surface area contributed by atoms with E-state index in [1.807, 2.05) is 36.4 Å². The fourth-order valence-corrected chi connectivity index (χ4v) is 2.26. The highest BCUT2D eigenvalue weighted by Gasteiger charge is 2.13. The fourth-order valence-electron chi connectivity index (χ4n) is 2.04. The molecule has 0 spiro atoms. The van der Waals surface area contributed by atoms with E-state index in [1.165, 1.54) is 0 Å². The molecule has 1 heterocycles. The van der Waals surface area contributed by atoms with Gasteiger partial charge in [0, 0.05) is 10.4 Å². The second kappa shape index (κ2) is 5.97. The average molecular weight is 302 g/mol. The van der Waals surface area contributed by atoms with E-state index in [2.05, 4.69) is 5.16 Å². The Morgan fingerprint density at radius 3 is 2.90 bits per heavy atom. The van der Waals surface area contributed by atoms with Crippen LogP contribution in [-0.2, 0) is 22.6 Å². The summed E-state index contributed by atoms with van der Waals surface area (Å²) in [6, 6.07) is 14.6. The van der Waals surface area contributed by atoms with Gasteiger partial charge in [0.2, 0.25) is 0 Å². The first-order chi connectivity index (χ1) is 10.2. The molecule has 0 saturated carbocycles. The van der Waals surface area contributed by atoms with Gasteiger partial charge in [0.25, 0.3) is 0 Å². The van der Waals surface area contributed by atoms with Gasteiger partial charge in [-0.15, -0.1) is 0 Å². The van der Waals surface area contributed by atoms with Crippen molar-refractivity contribution in [3.63, 3.8) is 0 Å². The monoisotopic (exact) mass is 301 g/mol. The van der Waals surface area contributed by atoms with Crippen LogP contribution >= 0.6 is 11.6 Å². The van der Waals surface area contributed by atoms with E-state index < -0.39 is 0 Å². The van der Waals surface area contributed by atoms with Gasteiger partial charge in [-0.2, -0.15) is 0 Å². The minimum Gasteiger partial charge on any atom is -0.461 e. The first-order valence-electron chi connectivity index (χ1n) is 6.46. The van der Waals surface area contributed by atoms with E-state index in [0.29, 0.717) is 16.3 Å². The number of hydrogen-bond acceptors (Lipinski definition) is 4. The van der Waals surface area contributed by atoms with Crippen molar-refractivity contribution < 1.29 is 14.1 Å². The second-order valence-electron chi connectivity index (χ2n) is 4.59. The summed E-state index contributed by atoms with van der Waals surface area (Å²) < 4.78 is 10.4. The Balaban J connectivity index is 1.64. The van der Waals surface area contributed by atoms with Gasteiger partial charge in [0.15, 0.2) is 5.58 Å². The van der Waals surface area contributed by atoms with Crippen LogP contribution in [0.5, 0.6) is 0 Å². The summed E-state index contributed by atoms with van der Waals surface area (Å²) in [7, 11) is 0. The molecule has 21 heavy (non-hydrogen) atoms. The zero-order chi connectivity index (χ0) is 14.7. The number of aromatic nitrogens is 1. The van der Waals surface area contributed by atoms with Crippen LogP contribution in [0, 0.1) is 0 Å². The number of halogens is 1. The Morgan fingerprint density at radius 1 is 1.19 bits per heavy atom. The minimum absolute atomic E-state index is 0.0809. The molecule has 3 rings (SSSR count). The molecule has 0 fully saturated rings. The van der Waals surface area contributed by atoms with Gasteiger partial charge in [-0.25, -0.2) is 0 Å². The lowest BCUT2D eigenvalue weighted by Crippen LogP contribution is -2.08. The van der Waals surface area contributed by atoms with Gasteiger partial charge in [-0.05, 0) is 29.8 Å². The highest BCUT2D eigenvalue weighted by atomic mass is 35.5. The third-order valence-electron chi connectivity index (χ3n) is 3.05. The van der Waals surface area contributed by atoms with Crippen LogP contribution in [0.25, 0.3) is 11.0 Å². The largest absolute Gasteiger partial charge is 0.461 e. The molecule has 0 bridgehead atoms. The second-order valence-corrected chi connectivity index (χ2v) is 5.03. The molecular weight excluding hydrogens is 290 g/mol. The maximum atomic E-state index is 11.9. The summed E-state index contributed by atoms with van der Waals surface area (Å²) in [6.07, 6.45) is 0.0809. The predicted molar refractivity (Wildman–Crippen MR) is 79.0 cm³/mol. The molecule has 106 valence electrons. The van der Waals surface area contributed by atoms with Gasteiger partial charge >= 0.3 is 5.97 Å². The molecule has 0 saturated heterocycles. The maximum absolute atomic E-state index is 11.9. The lowest BCUT2D eigenvalue weighted by molar-refractivity contribution is -0.144. The standard InChI is InChI=1S/C16H12ClNO3/c17-12-5-3-4-11(8-12)10-20-16(19)9-14-13-6-1-2-7-15(13)21-18-14/h1-8H,9-10H2. The zero-order valence-corrected chi connectivity index (χ0v) is 11.8. The van der Waals surface area contributed by atoms with E-state index in [1.54, 1.807) is 12.1 Å². The highest BCUT2D eigenvalue weighted by Crippen LogP contribution is 2.18. The lowest BCUT2D eigenvalue weighted by atomic mass is 10.2. The number of nitrogens with zero attached hydrogens (tertiary/aromatic N) is 1. The van der Waals surface area contributed by atoms with Crippen LogP contribution in [0.2, 0.25) is 5.02 Å². The van der Waals surface area contributed by atoms with Crippen molar-refractivity contribution in [2.75, 3.05) is 0 Å². The third kappa shape index (κ3) is 3.23. The van der Waals surface area contributed by atoms with Crippen LogP contribution in [0.4, 0.5) is 0 Å². The van der Waals surface area contributed by atoms with Crippen molar-refractivity contribution in [3.05, 3.63) is 64.8 Å². The van der Waals surface area contributed by atoms with Crippen LogP contribution in [0.15, 0.2) is 53.1 Å². The summed E-state index contributed by atoms with van der Waals surface area (Å²) in [5.41, 5.74) is 2.10. The van der Waals surface area contributed by atoms with Crippen molar-refractivity contribution in [2.45, 2.75) is 13.0 Å². The molecule has 0 aliphatic rings. The number of esters is 1. The van der Waals surface area contributed by atoms with Gasteiger partial charge in [0.05, 0.1) is 6.42 Å². The van der Waals surface area contributed by atoms with Crippen molar-refractivity contribution in [2.24, 2.45) is 0 Å². The Bertz CT molecular complexity index is 782. The number of para-hydroxylation sites is 1. The van der Waals surface area contributed by atoms with Gasteiger partial charge < -0.3 is 9.26 Å². The molecule has 5 heteroatoms. The topological polar surface area (TPSA) is 52.3 Å². The molecule has 0 atom stereocenters. The fraction of sp³-hybridized carbons (Fsp3) is 0.125. The number of hydrogen-bond donors (Lipinski definition) is 0. The summed E-state index contributed by atoms with van der Waals surface area (Å²) in [5.74, 6) is -0.353. The molecule has 0 aliphatic carbocycles. The summed E-state index contributed by atoms with van der Waals surface area (Å²) in [5, 5.41) is 5.35. The number of benzene rings is 2. The normalized spacial score (nSPS) is 10.7. The molecular formula is C16H12ClNO3. The minimum atomic E-state index is -0.353. The van der Waals surface area contributed by atoms with Crippen LogP contribution in [0.1, 0.15) is 11.3 Å². The molecule has 2 aromatic carbocycles. The SMILES string of the molecule is O=C(Cc1noc2ccccc12)OCc1cccc(Cl)c1. The van der Waals surface area contributed by atoms with Gasteiger partial charge in [-0.3, -0.25) is 4.79 Å². The molecule has 3 aromatic rings. The van der Waals surface area contributed by atoms with Gasteiger partial charge in [-0.1, -0.05) is 41.0 Å². The molecule has 0 unspecified atom stereocenters. The summed E-state index contributed by atoms with van der Waals surface area (Å²) >= 11 is 5.88. The average Bonchev–Trinajstić information content (AvgIpc) is 2.89. The van der Waals surface area contributed by atoms with E-state index in [4.69, 9.17) is 20.9 Å². The first kappa shape index (κ1) is 13.6. The van der Waals surface area contributed by atoms with Crippen LogP contribution in [0.3, 0.4) is 0 Å². The predicted octanol–water partition coefficient (Wildman–Crippen LogP) is 3.77. The number of rotatable bonds is 4.